The summed E-state index contributed by atoms with van der Waals surface area (Å²) >= 11 is 0. The number of sulfonamides is 1. The molecule has 194 valence electrons. The zero-order valence-corrected chi connectivity index (χ0v) is 22.7. The molecule has 3 aliphatic carbocycles. The van der Waals surface area contributed by atoms with E-state index in [9.17, 15) is 13.2 Å². The Labute approximate surface area is 211 Å². The number of carbonyl (C=O) groups excluding carboxylic acids is 1. The van der Waals surface area contributed by atoms with E-state index in [-0.39, 0.29) is 34.4 Å². The lowest BCUT2D eigenvalue weighted by molar-refractivity contribution is -0.125. The van der Waals surface area contributed by atoms with Crippen LogP contribution >= 0.6 is 0 Å². The number of carbonyl (C=O) groups is 1. The van der Waals surface area contributed by atoms with Gasteiger partial charge in [-0.25, -0.2) is 12.7 Å². The molecule has 1 heterocycles. The van der Waals surface area contributed by atoms with Gasteiger partial charge in [0.1, 0.15) is 0 Å². The highest BCUT2D eigenvalue weighted by molar-refractivity contribution is 7.89. The third-order valence-electron chi connectivity index (χ3n) is 10.7. The quantitative estimate of drug-likeness (QED) is 0.623. The van der Waals surface area contributed by atoms with Crippen molar-refractivity contribution >= 4 is 15.9 Å². The molecule has 0 aromatic heterocycles. The number of aryl methyl sites for hydroxylation is 1. The lowest BCUT2D eigenvalue weighted by atomic mass is 9.69. The molecule has 0 unspecified atom stereocenters. The van der Waals surface area contributed by atoms with Crippen LogP contribution in [-0.4, -0.2) is 49.6 Å². The molecule has 4 atom stereocenters. The average molecular weight is 502 g/mol. The van der Waals surface area contributed by atoms with Gasteiger partial charge in [-0.15, -0.1) is 0 Å². The summed E-state index contributed by atoms with van der Waals surface area (Å²) in [5.41, 5.74) is 8.57. The zero-order valence-electron chi connectivity index (χ0n) is 21.8. The second-order valence-corrected chi connectivity index (χ2v) is 14.7. The Morgan fingerprint density at radius 2 is 1.83 bits per heavy atom. The number of piperidine rings is 1. The van der Waals surface area contributed by atoms with Crippen LogP contribution in [0.2, 0.25) is 0 Å². The van der Waals surface area contributed by atoms with Crippen molar-refractivity contribution in [2.75, 3.05) is 18.8 Å². The Morgan fingerprint density at radius 3 is 2.49 bits per heavy atom. The average Bonchev–Trinajstić information content (AvgIpc) is 3.35. The molecular weight excluding hydrogens is 458 g/mol. The number of hydrogen-bond donors (Lipinski definition) is 2. The summed E-state index contributed by atoms with van der Waals surface area (Å²) in [6.45, 7) is 9.50. The highest BCUT2D eigenvalue weighted by Crippen LogP contribution is 2.66. The second kappa shape index (κ2) is 8.56. The van der Waals surface area contributed by atoms with E-state index >= 15 is 0 Å². The van der Waals surface area contributed by atoms with Gasteiger partial charge in [-0.3, -0.25) is 4.79 Å². The summed E-state index contributed by atoms with van der Waals surface area (Å²) in [5, 5.41) is 3.22. The predicted octanol–water partition coefficient (Wildman–Crippen LogP) is 3.59. The third-order valence-corrected chi connectivity index (χ3v) is 12.8. The van der Waals surface area contributed by atoms with Crippen LogP contribution < -0.4 is 11.1 Å². The SMILES string of the molecule is CC(C)[C@H](N)C(=O)N[C@H]1C[C@H]2CC[C@]1(CS(=O)(=O)N1CCC3(CCc4ccccc43)CC1)C2(C)C. The maximum atomic E-state index is 13.9. The number of nitrogens with zero attached hydrogens (tertiary/aromatic N) is 1. The van der Waals surface area contributed by atoms with Crippen LogP contribution in [0.25, 0.3) is 0 Å². The van der Waals surface area contributed by atoms with Crippen LogP contribution in [0.5, 0.6) is 0 Å². The minimum Gasteiger partial charge on any atom is -0.351 e. The van der Waals surface area contributed by atoms with Gasteiger partial charge in [0.15, 0.2) is 0 Å². The van der Waals surface area contributed by atoms with Gasteiger partial charge in [0.05, 0.1) is 11.8 Å². The van der Waals surface area contributed by atoms with Crippen molar-refractivity contribution < 1.29 is 13.2 Å². The number of amides is 1. The fourth-order valence-corrected chi connectivity index (χ4v) is 10.4. The molecule has 1 aliphatic heterocycles. The molecule has 4 aliphatic rings. The summed E-state index contributed by atoms with van der Waals surface area (Å²) in [7, 11) is -3.46. The van der Waals surface area contributed by atoms with Gasteiger partial charge >= 0.3 is 0 Å². The van der Waals surface area contributed by atoms with Gasteiger partial charge in [-0.05, 0) is 78.7 Å². The molecule has 5 rings (SSSR count). The summed E-state index contributed by atoms with van der Waals surface area (Å²) in [4.78, 5) is 12.9. The van der Waals surface area contributed by atoms with E-state index in [2.05, 4.69) is 43.4 Å². The van der Waals surface area contributed by atoms with Crippen LogP contribution in [0.4, 0.5) is 0 Å². The number of nitrogens with two attached hydrogens (primary N) is 1. The molecule has 2 bridgehead atoms. The summed E-state index contributed by atoms with van der Waals surface area (Å²) in [6.07, 6.45) is 6.74. The smallest absolute Gasteiger partial charge is 0.237 e. The Balaban J connectivity index is 1.34. The van der Waals surface area contributed by atoms with E-state index in [1.54, 1.807) is 4.31 Å². The molecule has 1 amide bonds. The molecule has 3 fully saturated rings. The molecule has 1 spiro atoms. The topological polar surface area (TPSA) is 92.5 Å². The first kappa shape index (κ1) is 25.2. The lowest BCUT2D eigenvalue weighted by Gasteiger charge is -2.45. The molecule has 1 aromatic carbocycles. The number of rotatable bonds is 6. The molecule has 0 radical (unpaired) electrons. The van der Waals surface area contributed by atoms with Gasteiger partial charge in [0.2, 0.25) is 15.9 Å². The van der Waals surface area contributed by atoms with Gasteiger partial charge in [0.25, 0.3) is 0 Å². The van der Waals surface area contributed by atoms with Gasteiger partial charge in [0, 0.05) is 24.5 Å². The van der Waals surface area contributed by atoms with Crippen LogP contribution in [-0.2, 0) is 26.7 Å². The fraction of sp³-hybridized carbons (Fsp3) is 0.750. The summed E-state index contributed by atoms with van der Waals surface area (Å²) in [6, 6.07) is 8.00. The van der Waals surface area contributed by atoms with Crippen molar-refractivity contribution in [3.63, 3.8) is 0 Å². The number of fused-ring (bicyclic) bond motifs is 4. The van der Waals surface area contributed by atoms with Crippen molar-refractivity contribution in [3.8, 4) is 0 Å². The maximum absolute atomic E-state index is 13.9. The molecule has 3 N–H and O–H groups in total. The first-order valence-electron chi connectivity index (χ1n) is 13.5. The third kappa shape index (κ3) is 3.88. The molecule has 2 saturated carbocycles. The molecule has 35 heavy (non-hydrogen) atoms. The largest absolute Gasteiger partial charge is 0.351 e. The molecule has 1 saturated heterocycles. The van der Waals surface area contributed by atoms with Gasteiger partial charge in [-0.1, -0.05) is 52.0 Å². The summed E-state index contributed by atoms with van der Waals surface area (Å²) in [5.74, 6) is 0.445. The minimum atomic E-state index is -3.46. The van der Waals surface area contributed by atoms with Crippen molar-refractivity contribution in [1.82, 2.24) is 9.62 Å². The molecule has 6 nitrogen and oxygen atoms in total. The van der Waals surface area contributed by atoms with Crippen LogP contribution in [0.3, 0.4) is 0 Å². The minimum absolute atomic E-state index is 0.0441. The number of benzene rings is 1. The second-order valence-electron chi connectivity index (χ2n) is 12.8. The fourth-order valence-electron chi connectivity index (χ4n) is 8.09. The Kier molecular flexibility index (Phi) is 6.17. The first-order valence-corrected chi connectivity index (χ1v) is 15.1. The molecule has 1 aromatic rings. The predicted molar refractivity (Wildman–Crippen MR) is 139 cm³/mol. The van der Waals surface area contributed by atoms with Crippen molar-refractivity contribution in [2.45, 2.75) is 90.1 Å². The van der Waals surface area contributed by atoms with E-state index in [4.69, 9.17) is 5.73 Å². The van der Waals surface area contributed by atoms with E-state index in [1.807, 2.05) is 13.8 Å². The standard InChI is InChI=1S/C28H43N3O3S/c1-19(2)24(29)25(32)30-23-17-21-10-12-28(23,26(21,3)4)18-35(33,34)31-15-13-27(14-16-31)11-9-20-7-5-6-8-22(20)27/h5-8,19,21,23-24H,9-18,29H2,1-4H3,(H,30,32)/t21-,23+,24+,28-/m1/s1. The number of nitrogens with one attached hydrogen (secondary N) is 1. The van der Waals surface area contributed by atoms with E-state index in [0.717, 1.165) is 44.9 Å². The molecular formula is C28H43N3O3S. The Bertz CT molecular complexity index is 1090. The van der Waals surface area contributed by atoms with E-state index in [1.165, 1.54) is 11.1 Å². The van der Waals surface area contributed by atoms with E-state index < -0.39 is 21.5 Å². The van der Waals surface area contributed by atoms with Gasteiger partial charge in [-0.2, -0.15) is 0 Å². The molecule has 7 heteroatoms. The number of hydrogen-bond acceptors (Lipinski definition) is 4. The van der Waals surface area contributed by atoms with Gasteiger partial charge < -0.3 is 11.1 Å². The highest BCUT2D eigenvalue weighted by atomic mass is 32.2. The van der Waals surface area contributed by atoms with Crippen molar-refractivity contribution in [2.24, 2.45) is 28.4 Å². The zero-order chi connectivity index (χ0) is 25.2. The van der Waals surface area contributed by atoms with Crippen molar-refractivity contribution in [3.05, 3.63) is 35.4 Å². The Hall–Kier alpha value is -1.44. The van der Waals surface area contributed by atoms with Crippen LogP contribution in [0.15, 0.2) is 24.3 Å². The van der Waals surface area contributed by atoms with E-state index in [0.29, 0.717) is 19.0 Å². The lowest BCUT2D eigenvalue weighted by Crippen LogP contribution is -2.57. The van der Waals surface area contributed by atoms with Crippen LogP contribution in [0, 0.1) is 22.7 Å². The normalized spacial score (nSPS) is 32.2. The maximum Gasteiger partial charge on any atom is 0.237 e. The van der Waals surface area contributed by atoms with Crippen molar-refractivity contribution in [1.29, 1.82) is 0 Å². The Morgan fingerprint density at radius 1 is 1.14 bits per heavy atom. The summed E-state index contributed by atoms with van der Waals surface area (Å²) < 4.78 is 29.6. The first-order chi connectivity index (χ1) is 16.4. The highest BCUT2D eigenvalue weighted by Gasteiger charge is 2.66. The van der Waals surface area contributed by atoms with Crippen LogP contribution in [0.1, 0.15) is 77.3 Å². The monoisotopic (exact) mass is 501 g/mol.